The maximum atomic E-state index is 12.4. The highest BCUT2D eigenvalue weighted by molar-refractivity contribution is 7.89. The molecule has 1 fully saturated rings. The normalized spacial score (nSPS) is 14.5. The van der Waals surface area contributed by atoms with E-state index in [-0.39, 0.29) is 5.56 Å². The quantitative estimate of drug-likeness (QED) is 0.620. The van der Waals surface area contributed by atoms with Crippen molar-refractivity contribution in [2.45, 2.75) is 18.7 Å². The van der Waals surface area contributed by atoms with Crippen LogP contribution in [0, 0.1) is 5.92 Å². The van der Waals surface area contributed by atoms with Crippen molar-refractivity contribution in [1.29, 1.82) is 0 Å². The van der Waals surface area contributed by atoms with Crippen molar-refractivity contribution in [3.8, 4) is 16.9 Å². The number of nitrogens with zero attached hydrogens (tertiary/aromatic N) is 2. The number of sulfone groups is 1. The van der Waals surface area contributed by atoms with E-state index in [1.165, 1.54) is 23.1 Å². The highest BCUT2D eigenvalue weighted by Gasteiger charge is 2.24. The third-order valence-corrected chi connectivity index (χ3v) is 5.45. The first-order valence-corrected chi connectivity index (χ1v) is 10.9. The van der Waals surface area contributed by atoms with Gasteiger partial charge in [0.25, 0.3) is 11.1 Å². The largest absolute Gasteiger partial charge is 0.492 e. The molecule has 148 valence electrons. The minimum atomic E-state index is -3.43. The van der Waals surface area contributed by atoms with Crippen LogP contribution in [0.25, 0.3) is 22.1 Å². The monoisotopic (exact) mass is 404 g/mol. The maximum Gasteiger partial charge on any atom is 0.261 e. The van der Waals surface area contributed by atoms with Gasteiger partial charge in [0.15, 0.2) is 9.84 Å². The number of hydrogen-bond donors (Lipinski definition) is 0. The van der Waals surface area contributed by atoms with E-state index in [0.29, 0.717) is 40.4 Å². The zero-order chi connectivity index (χ0) is 20.1. The third kappa shape index (κ3) is 3.62. The summed E-state index contributed by atoms with van der Waals surface area (Å²) in [4.78, 5) is 24.8. The first-order chi connectivity index (χ1) is 13.2. The first kappa shape index (κ1) is 18.5. The van der Waals surface area contributed by atoms with Crippen molar-refractivity contribution < 1.29 is 17.6 Å². The minimum absolute atomic E-state index is 0.211. The van der Waals surface area contributed by atoms with Crippen LogP contribution in [-0.2, 0) is 22.8 Å². The zero-order valence-electron chi connectivity index (χ0n) is 15.5. The Balaban J connectivity index is 1.94. The molecule has 0 aliphatic heterocycles. The lowest BCUT2D eigenvalue weighted by atomic mass is 10.1. The number of aryl methyl sites for hydroxylation is 1. The van der Waals surface area contributed by atoms with Gasteiger partial charge >= 0.3 is 0 Å². The standard InChI is InChI=1S/C19H20N2O6S/c1-20-8-15(18-13(19(20)23)5-6-26-18)14-9-21(11-28(2,24)25)17(22)7-16(14)27-10-12-3-4-12/h5-9,12H,3-4,10-11H2,1-2H3. The number of hydrogen-bond acceptors (Lipinski definition) is 6. The summed E-state index contributed by atoms with van der Waals surface area (Å²) < 4.78 is 37.4. The number of fused-ring (bicyclic) bond motifs is 1. The Kier molecular flexibility index (Phi) is 4.41. The Morgan fingerprint density at radius 2 is 1.96 bits per heavy atom. The van der Waals surface area contributed by atoms with Crippen LogP contribution in [0.2, 0.25) is 0 Å². The van der Waals surface area contributed by atoms with Gasteiger partial charge in [0.1, 0.15) is 17.2 Å². The second-order valence-corrected chi connectivity index (χ2v) is 9.40. The van der Waals surface area contributed by atoms with E-state index in [1.807, 2.05) is 0 Å². The summed E-state index contributed by atoms with van der Waals surface area (Å²) >= 11 is 0. The zero-order valence-corrected chi connectivity index (χ0v) is 16.4. The highest BCUT2D eigenvalue weighted by atomic mass is 32.2. The molecule has 0 amide bonds. The van der Waals surface area contributed by atoms with Crippen molar-refractivity contribution in [3.63, 3.8) is 0 Å². The van der Waals surface area contributed by atoms with Crippen molar-refractivity contribution in [3.05, 3.63) is 51.5 Å². The molecule has 0 spiro atoms. The molecule has 1 aliphatic carbocycles. The molecule has 0 saturated heterocycles. The van der Waals surface area contributed by atoms with Gasteiger partial charge in [-0.2, -0.15) is 0 Å². The van der Waals surface area contributed by atoms with Crippen molar-refractivity contribution in [2.24, 2.45) is 13.0 Å². The van der Waals surface area contributed by atoms with E-state index in [1.54, 1.807) is 19.3 Å². The van der Waals surface area contributed by atoms with Crippen LogP contribution >= 0.6 is 0 Å². The molecule has 0 unspecified atom stereocenters. The SMILES string of the molecule is Cn1cc(-c2cn(CS(C)(=O)=O)c(=O)cc2OCC2CC2)c2occc2c1=O. The van der Waals surface area contributed by atoms with Crippen molar-refractivity contribution >= 4 is 20.8 Å². The third-order valence-electron chi connectivity index (χ3n) is 4.71. The van der Waals surface area contributed by atoms with E-state index in [9.17, 15) is 18.0 Å². The lowest BCUT2D eigenvalue weighted by molar-refractivity contribution is 0.300. The van der Waals surface area contributed by atoms with Crippen LogP contribution in [0.3, 0.4) is 0 Å². The fraction of sp³-hybridized carbons (Fsp3) is 0.368. The van der Waals surface area contributed by atoms with Crippen LogP contribution in [-0.4, -0.2) is 30.4 Å². The second kappa shape index (κ2) is 6.66. The van der Waals surface area contributed by atoms with Crippen molar-refractivity contribution in [1.82, 2.24) is 9.13 Å². The Labute approximate surface area is 160 Å². The fourth-order valence-electron chi connectivity index (χ4n) is 3.10. The van der Waals surface area contributed by atoms with Gasteiger partial charge in [-0.05, 0) is 24.8 Å². The van der Waals surface area contributed by atoms with Gasteiger partial charge in [-0.25, -0.2) is 8.42 Å². The molecule has 28 heavy (non-hydrogen) atoms. The summed E-state index contributed by atoms with van der Waals surface area (Å²) in [7, 11) is -1.81. The summed E-state index contributed by atoms with van der Waals surface area (Å²) in [5, 5.41) is 0.397. The molecule has 3 heterocycles. The molecular weight excluding hydrogens is 384 g/mol. The molecule has 3 aromatic rings. The summed E-state index contributed by atoms with van der Waals surface area (Å²) in [5.41, 5.74) is 0.733. The van der Waals surface area contributed by atoms with Crippen LogP contribution < -0.4 is 15.9 Å². The highest BCUT2D eigenvalue weighted by Crippen LogP contribution is 2.35. The van der Waals surface area contributed by atoms with E-state index in [0.717, 1.165) is 23.7 Å². The van der Waals surface area contributed by atoms with E-state index in [4.69, 9.17) is 9.15 Å². The van der Waals surface area contributed by atoms with Gasteiger partial charge < -0.3 is 13.7 Å². The number of furan rings is 1. The number of aromatic nitrogens is 2. The summed E-state index contributed by atoms with van der Waals surface area (Å²) in [6.45, 7) is 0.482. The second-order valence-electron chi connectivity index (χ2n) is 7.29. The molecule has 1 saturated carbocycles. The molecule has 0 N–H and O–H groups in total. The summed E-state index contributed by atoms with van der Waals surface area (Å²) in [5.74, 6) is 0.363. The molecule has 0 atom stereocenters. The lowest BCUT2D eigenvalue weighted by Gasteiger charge is -2.15. The molecule has 8 nitrogen and oxygen atoms in total. The van der Waals surface area contributed by atoms with Gasteiger partial charge in [0.05, 0.1) is 18.3 Å². The van der Waals surface area contributed by atoms with Gasteiger partial charge in [-0.1, -0.05) is 0 Å². The Morgan fingerprint density at radius 1 is 1.21 bits per heavy atom. The predicted octanol–water partition coefficient (Wildman–Crippen LogP) is 1.75. The number of rotatable bonds is 6. The number of ether oxygens (including phenoxy) is 1. The van der Waals surface area contributed by atoms with Crippen LogP contribution in [0.5, 0.6) is 5.75 Å². The molecular formula is C19H20N2O6S. The van der Waals surface area contributed by atoms with Gasteiger partial charge in [-0.3, -0.25) is 14.2 Å². The molecule has 0 aromatic carbocycles. The van der Waals surface area contributed by atoms with Gasteiger partial charge in [-0.15, -0.1) is 0 Å². The number of pyridine rings is 2. The molecule has 4 rings (SSSR count). The Hall–Kier alpha value is -2.81. The van der Waals surface area contributed by atoms with E-state index >= 15 is 0 Å². The average Bonchev–Trinajstić information content (AvgIpc) is 3.31. The topological polar surface area (TPSA) is 101 Å². The Bertz CT molecular complexity index is 1280. The summed E-state index contributed by atoms with van der Waals surface area (Å²) in [6.07, 6.45) is 7.71. The molecule has 0 bridgehead atoms. The van der Waals surface area contributed by atoms with Crippen molar-refractivity contribution in [2.75, 3.05) is 12.9 Å². The summed E-state index contributed by atoms with van der Waals surface area (Å²) in [6, 6.07) is 2.88. The Morgan fingerprint density at radius 3 is 2.64 bits per heavy atom. The molecule has 9 heteroatoms. The first-order valence-electron chi connectivity index (χ1n) is 8.85. The molecule has 1 aliphatic rings. The van der Waals surface area contributed by atoms with Crippen LogP contribution in [0.15, 0.2) is 44.8 Å². The molecule has 0 radical (unpaired) electrons. The molecule has 3 aromatic heterocycles. The van der Waals surface area contributed by atoms with Gasteiger partial charge in [0.2, 0.25) is 0 Å². The fourth-order valence-corrected chi connectivity index (χ4v) is 3.81. The predicted molar refractivity (Wildman–Crippen MR) is 104 cm³/mol. The average molecular weight is 404 g/mol. The van der Waals surface area contributed by atoms with Crippen LogP contribution in [0.1, 0.15) is 12.8 Å². The maximum absolute atomic E-state index is 12.4. The lowest BCUT2D eigenvalue weighted by Crippen LogP contribution is -2.24. The van der Waals surface area contributed by atoms with Gasteiger partial charge in [0, 0.05) is 42.9 Å². The smallest absolute Gasteiger partial charge is 0.261 e. The van der Waals surface area contributed by atoms with E-state index < -0.39 is 21.3 Å². The van der Waals surface area contributed by atoms with E-state index in [2.05, 4.69) is 0 Å². The van der Waals surface area contributed by atoms with Crippen LogP contribution in [0.4, 0.5) is 0 Å². The minimum Gasteiger partial charge on any atom is -0.492 e.